The molecule has 1 saturated heterocycles. The molecular weight excluding hydrogens is 398 g/mol. The van der Waals surface area contributed by atoms with Crippen LogP contribution in [0.4, 0.5) is 11.4 Å². The Hall–Kier alpha value is -2.93. The third-order valence-corrected chi connectivity index (χ3v) is 6.10. The molecule has 3 aromatic rings. The van der Waals surface area contributed by atoms with Crippen molar-refractivity contribution in [1.29, 1.82) is 0 Å². The number of hydrogen-bond donors (Lipinski definition) is 1. The summed E-state index contributed by atoms with van der Waals surface area (Å²) < 4.78 is 10.8. The van der Waals surface area contributed by atoms with Crippen LogP contribution in [0.2, 0.25) is 0 Å². The number of methoxy groups -OCH3 is 2. The van der Waals surface area contributed by atoms with E-state index >= 15 is 0 Å². The zero-order valence-corrected chi connectivity index (χ0v) is 18.2. The summed E-state index contributed by atoms with van der Waals surface area (Å²) >= 11 is 1.88. The van der Waals surface area contributed by atoms with Crippen molar-refractivity contribution in [1.82, 2.24) is 9.88 Å². The summed E-state index contributed by atoms with van der Waals surface area (Å²) in [6, 6.07) is 13.5. The van der Waals surface area contributed by atoms with Crippen molar-refractivity contribution in [2.75, 3.05) is 44.1 Å². The molecule has 1 aliphatic heterocycles. The number of thioether (sulfide) groups is 1. The monoisotopic (exact) mass is 423 g/mol. The van der Waals surface area contributed by atoms with E-state index in [1.54, 1.807) is 14.2 Å². The second-order valence-electron chi connectivity index (χ2n) is 7.17. The number of aryl methyl sites for hydroxylation is 1. The second kappa shape index (κ2) is 8.83. The molecule has 0 spiro atoms. The zero-order valence-electron chi connectivity index (χ0n) is 17.4. The first-order valence-electron chi connectivity index (χ1n) is 9.86. The minimum atomic E-state index is -0.0254. The number of carbonyl (C=O) groups is 1. The first-order chi connectivity index (χ1) is 14.6. The van der Waals surface area contributed by atoms with Gasteiger partial charge in [-0.05, 0) is 37.3 Å². The van der Waals surface area contributed by atoms with Crippen LogP contribution in [0.15, 0.2) is 42.5 Å². The Morgan fingerprint density at radius 1 is 1.03 bits per heavy atom. The van der Waals surface area contributed by atoms with Gasteiger partial charge in [0.15, 0.2) is 0 Å². The van der Waals surface area contributed by atoms with Crippen LogP contribution in [-0.4, -0.2) is 54.6 Å². The van der Waals surface area contributed by atoms with E-state index in [1.165, 1.54) is 0 Å². The standard InChI is InChI=1S/C23H25N3O3S/c1-15-4-6-18-17(12-15)20(25-19-7-5-16(28-2)13-22(19)29-3)14-21(24-18)23(27)26-8-10-30-11-9-26/h4-7,12-14H,8-11H2,1-3H3,(H,24,25). The van der Waals surface area contributed by atoms with Gasteiger partial charge in [-0.2, -0.15) is 11.8 Å². The zero-order chi connectivity index (χ0) is 21.1. The molecule has 0 bridgehead atoms. The molecule has 0 radical (unpaired) electrons. The maximum Gasteiger partial charge on any atom is 0.272 e. The van der Waals surface area contributed by atoms with Gasteiger partial charge in [-0.25, -0.2) is 4.98 Å². The van der Waals surface area contributed by atoms with E-state index in [0.29, 0.717) is 17.2 Å². The van der Waals surface area contributed by atoms with Crippen LogP contribution in [0, 0.1) is 6.92 Å². The van der Waals surface area contributed by atoms with E-state index in [-0.39, 0.29) is 5.91 Å². The van der Waals surface area contributed by atoms with Crippen LogP contribution in [0.1, 0.15) is 16.1 Å². The molecule has 7 heteroatoms. The van der Waals surface area contributed by atoms with Gasteiger partial charge in [0, 0.05) is 36.0 Å². The average Bonchev–Trinajstić information content (AvgIpc) is 2.79. The Labute approximate surface area is 180 Å². The van der Waals surface area contributed by atoms with Gasteiger partial charge in [0.2, 0.25) is 0 Å². The van der Waals surface area contributed by atoms with E-state index in [9.17, 15) is 4.79 Å². The normalized spacial score (nSPS) is 13.9. The highest BCUT2D eigenvalue weighted by Crippen LogP contribution is 2.34. The minimum absolute atomic E-state index is 0.0254. The fourth-order valence-corrected chi connectivity index (χ4v) is 4.43. The van der Waals surface area contributed by atoms with Gasteiger partial charge in [0.1, 0.15) is 17.2 Å². The van der Waals surface area contributed by atoms with Gasteiger partial charge in [0.25, 0.3) is 5.91 Å². The van der Waals surface area contributed by atoms with Crippen molar-refractivity contribution in [2.45, 2.75) is 6.92 Å². The number of ether oxygens (including phenoxy) is 2. The molecule has 1 fully saturated rings. The molecule has 6 nitrogen and oxygen atoms in total. The molecule has 0 saturated carbocycles. The number of aromatic nitrogens is 1. The summed E-state index contributed by atoms with van der Waals surface area (Å²) in [5.74, 6) is 3.28. The van der Waals surface area contributed by atoms with Crippen LogP contribution in [0.25, 0.3) is 10.9 Å². The van der Waals surface area contributed by atoms with Gasteiger partial charge >= 0.3 is 0 Å². The first-order valence-corrected chi connectivity index (χ1v) is 11.0. The van der Waals surface area contributed by atoms with Crippen LogP contribution in [-0.2, 0) is 0 Å². The van der Waals surface area contributed by atoms with E-state index in [0.717, 1.165) is 52.4 Å². The van der Waals surface area contributed by atoms with Crippen LogP contribution >= 0.6 is 11.8 Å². The lowest BCUT2D eigenvalue weighted by atomic mass is 10.1. The van der Waals surface area contributed by atoms with Crippen molar-refractivity contribution in [2.24, 2.45) is 0 Å². The smallest absolute Gasteiger partial charge is 0.272 e. The van der Waals surface area contributed by atoms with Gasteiger partial charge in [-0.15, -0.1) is 0 Å². The van der Waals surface area contributed by atoms with Crippen LogP contribution < -0.4 is 14.8 Å². The largest absolute Gasteiger partial charge is 0.497 e. The number of anilines is 2. The number of amides is 1. The predicted octanol–water partition coefficient (Wildman–Crippen LogP) is 4.49. The molecule has 0 atom stereocenters. The third-order valence-electron chi connectivity index (χ3n) is 5.16. The number of pyridine rings is 1. The predicted molar refractivity (Wildman–Crippen MR) is 123 cm³/mol. The van der Waals surface area contributed by atoms with Crippen LogP contribution in [0.5, 0.6) is 11.5 Å². The maximum atomic E-state index is 13.1. The lowest BCUT2D eigenvalue weighted by Crippen LogP contribution is -2.38. The van der Waals surface area contributed by atoms with Gasteiger partial charge in [-0.1, -0.05) is 11.6 Å². The summed E-state index contributed by atoms with van der Waals surface area (Å²) in [5.41, 5.74) is 3.98. The number of hydrogen-bond acceptors (Lipinski definition) is 6. The molecular formula is C23H25N3O3S. The minimum Gasteiger partial charge on any atom is -0.497 e. The molecule has 4 rings (SSSR count). The second-order valence-corrected chi connectivity index (χ2v) is 8.40. The Balaban J connectivity index is 1.77. The third kappa shape index (κ3) is 4.16. The topological polar surface area (TPSA) is 63.7 Å². The van der Waals surface area contributed by atoms with E-state index in [1.807, 2.05) is 60.0 Å². The summed E-state index contributed by atoms with van der Waals surface area (Å²) in [4.78, 5) is 19.7. The van der Waals surface area contributed by atoms with Crippen molar-refractivity contribution in [3.05, 3.63) is 53.7 Å². The Kier molecular flexibility index (Phi) is 5.99. The molecule has 30 heavy (non-hydrogen) atoms. The SMILES string of the molecule is COc1ccc(Nc2cc(C(=O)N3CCSCC3)nc3ccc(C)cc23)c(OC)c1. The number of benzene rings is 2. The van der Waals surface area contributed by atoms with Crippen LogP contribution in [0.3, 0.4) is 0 Å². The van der Waals surface area contributed by atoms with Crippen molar-refractivity contribution in [3.63, 3.8) is 0 Å². The number of carbonyl (C=O) groups excluding carboxylic acids is 1. The number of fused-ring (bicyclic) bond motifs is 1. The molecule has 0 aliphatic carbocycles. The van der Waals surface area contributed by atoms with Crippen molar-refractivity contribution in [3.8, 4) is 11.5 Å². The molecule has 1 N–H and O–H groups in total. The summed E-state index contributed by atoms with van der Waals surface area (Å²) in [6.45, 7) is 3.56. The van der Waals surface area contributed by atoms with E-state index < -0.39 is 0 Å². The summed E-state index contributed by atoms with van der Waals surface area (Å²) in [7, 11) is 3.25. The summed E-state index contributed by atoms with van der Waals surface area (Å²) in [6.07, 6.45) is 0. The lowest BCUT2D eigenvalue weighted by molar-refractivity contribution is 0.0767. The number of nitrogens with zero attached hydrogens (tertiary/aromatic N) is 2. The van der Waals surface area contributed by atoms with Gasteiger partial charge in [0.05, 0.1) is 31.1 Å². The molecule has 156 valence electrons. The van der Waals surface area contributed by atoms with Gasteiger partial charge in [-0.3, -0.25) is 4.79 Å². The molecule has 1 aromatic heterocycles. The molecule has 2 heterocycles. The van der Waals surface area contributed by atoms with E-state index in [2.05, 4.69) is 16.4 Å². The Morgan fingerprint density at radius 3 is 2.57 bits per heavy atom. The van der Waals surface area contributed by atoms with Gasteiger partial charge < -0.3 is 19.7 Å². The highest BCUT2D eigenvalue weighted by Gasteiger charge is 2.21. The highest BCUT2D eigenvalue weighted by atomic mass is 32.2. The van der Waals surface area contributed by atoms with Crippen molar-refractivity contribution < 1.29 is 14.3 Å². The summed E-state index contributed by atoms with van der Waals surface area (Å²) in [5, 5.41) is 4.40. The lowest BCUT2D eigenvalue weighted by Gasteiger charge is -2.26. The molecule has 0 unspecified atom stereocenters. The fraction of sp³-hybridized carbons (Fsp3) is 0.304. The fourth-order valence-electron chi connectivity index (χ4n) is 3.53. The number of nitrogens with one attached hydrogen (secondary N) is 1. The Morgan fingerprint density at radius 2 is 1.83 bits per heavy atom. The van der Waals surface area contributed by atoms with Crippen molar-refractivity contribution >= 4 is 39.9 Å². The quantitative estimate of drug-likeness (QED) is 0.652. The average molecular weight is 424 g/mol. The van der Waals surface area contributed by atoms with E-state index in [4.69, 9.17) is 9.47 Å². The highest BCUT2D eigenvalue weighted by molar-refractivity contribution is 7.99. The Bertz CT molecular complexity index is 1080. The molecule has 1 amide bonds. The molecule has 1 aliphatic rings. The maximum absolute atomic E-state index is 13.1. The first kappa shape index (κ1) is 20.3. The molecule has 2 aromatic carbocycles. The number of rotatable bonds is 5.